The predicted molar refractivity (Wildman–Crippen MR) is 107 cm³/mol. The van der Waals surface area contributed by atoms with E-state index >= 15 is 0 Å². The van der Waals surface area contributed by atoms with Crippen molar-refractivity contribution >= 4 is 8.80 Å². The molecule has 2 heteroatoms. The summed E-state index contributed by atoms with van der Waals surface area (Å²) in [7, 11) is 1.38. The van der Waals surface area contributed by atoms with Crippen LogP contribution in [0.25, 0.3) is 0 Å². The quantitative estimate of drug-likeness (QED) is 0.369. The van der Waals surface area contributed by atoms with Crippen LogP contribution in [0.3, 0.4) is 0 Å². The lowest BCUT2D eigenvalue weighted by Crippen LogP contribution is -2.20. The lowest BCUT2D eigenvalue weighted by molar-refractivity contribution is 0.192. The highest BCUT2D eigenvalue weighted by Gasteiger charge is 2.19. The van der Waals surface area contributed by atoms with Crippen molar-refractivity contribution in [2.75, 3.05) is 13.7 Å². The fraction of sp³-hybridized carbons (Fsp3) is 0.545. The zero-order valence-corrected chi connectivity index (χ0v) is 16.5. The summed E-state index contributed by atoms with van der Waals surface area (Å²) in [6.45, 7) is 3.04. The Labute approximate surface area is 150 Å². The molecule has 0 bridgehead atoms. The summed E-state index contributed by atoms with van der Waals surface area (Å²) < 4.78 is 5.12. The van der Waals surface area contributed by atoms with Crippen LogP contribution in [0.2, 0.25) is 18.1 Å². The number of rotatable bonds is 7. The summed E-state index contributed by atoms with van der Waals surface area (Å²) in [5.74, 6) is 7.20. The van der Waals surface area contributed by atoms with Gasteiger partial charge in [0.25, 0.3) is 0 Å². The average Bonchev–Trinajstić information content (AvgIpc) is 2.61. The summed E-state index contributed by atoms with van der Waals surface area (Å²) in [4.78, 5) is 0. The van der Waals surface area contributed by atoms with Crippen LogP contribution < -0.4 is 0 Å². The largest absolute Gasteiger partial charge is 0.385 e. The molecule has 2 rings (SSSR count). The van der Waals surface area contributed by atoms with Gasteiger partial charge in [0, 0.05) is 28.1 Å². The third-order valence-corrected chi connectivity index (χ3v) is 8.60. The van der Waals surface area contributed by atoms with Crippen LogP contribution >= 0.6 is 0 Å². The van der Waals surface area contributed by atoms with Gasteiger partial charge in [0.1, 0.15) is 0 Å². The van der Waals surface area contributed by atoms with Crippen molar-refractivity contribution in [3.63, 3.8) is 0 Å². The number of ether oxygens (including phenoxy) is 1. The zero-order chi connectivity index (χ0) is 17.0. The number of allylic oxidation sites excluding steroid dienone is 2. The fourth-order valence-electron chi connectivity index (χ4n) is 3.47. The Balaban J connectivity index is 1.63. The maximum absolute atomic E-state index is 5.12. The number of hydrogen-bond acceptors (Lipinski definition) is 1. The van der Waals surface area contributed by atoms with Gasteiger partial charge in [-0.15, -0.1) is 0 Å². The van der Waals surface area contributed by atoms with Crippen LogP contribution in [0, 0.1) is 24.7 Å². The number of aryl methyl sites for hydroxylation is 1. The molecule has 0 atom stereocenters. The summed E-state index contributed by atoms with van der Waals surface area (Å²) >= 11 is 0. The van der Waals surface area contributed by atoms with Crippen LogP contribution in [0.5, 0.6) is 0 Å². The molecule has 1 heterocycles. The number of benzene rings is 1. The molecule has 130 valence electrons. The molecule has 1 aliphatic rings. The predicted octanol–water partition coefficient (Wildman–Crippen LogP) is 5.36. The molecule has 0 spiro atoms. The monoisotopic (exact) mass is 340 g/mol. The van der Waals surface area contributed by atoms with E-state index < -0.39 is 8.80 Å². The lowest BCUT2D eigenvalue weighted by Gasteiger charge is -2.25. The normalized spacial score (nSPS) is 20.8. The summed E-state index contributed by atoms with van der Waals surface area (Å²) in [6.07, 6.45) is 11.3. The highest BCUT2D eigenvalue weighted by Crippen LogP contribution is 2.28. The number of unbranched alkanes of at least 4 members (excludes halogenated alkanes) is 2. The van der Waals surface area contributed by atoms with Gasteiger partial charge in [0.05, 0.1) is 0 Å². The molecule has 1 nitrogen and oxygen atoms in total. The molecule has 0 aliphatic carbocycles. The lowest BCUT2D eigenvalue weighted by atomic mass is 10.0. The second-order valence-corrected chi connectivity index (χ2v) is 10.6. The van der Waals surface area contributed by atoms with E-state index in [4.69, 9.17) is 4.74 Å². The van der Waals surface area contributed by atoms with E-state index in [2.05, 4.69) is 55.2 Å². The van der Waals surface area contributed by atoms with Gasteiger partial charge in [-0.05, 0) is 50.3 Å². The maximum Gasteiger partial charge on any atom is 0.0462 e. The Bertz CT molecular complexity index is 542. The topological polar surface area (TPSA) is 9.23 Å². The van der Waals surface area contributed by atoms with E-state index in [1.807, 2.05) is 0 Å². The Hall–Kier alpha value is -1.30. The highest BCUT2D eigenvalue weighted by atomic mass is 28.3. The Morgan fingerprint density at radius 2 is 1.88 bits per heavy atom. The standard InChI is InChI=1S/C22H32OSi/c1-20-10-12-21(13-11-20)8-4-5-9-22-14-18-24(19-15-22)17-7-3-6-16-23-2/h5,9-13,22,24H,3,6-7,14-19H2,1-2H3/b9-5+. The zero-order valence-electron chi connectivity index (χ0n) is 15.4. The third kappa shape index (κ3) is 7.51. The van der Waals surface area contributed by atoms with Crippen molar-refractivity contribution in [1.82, 2.24) is 0 Å². The first kappa shape index (κ1) is 19.0. The van der Waals surface area contributed by atoms with Crippen molar-refractivity contribution < 1.29 is 4.74 Å². The molecule has 1 aromatic carbocycles. The molecule has 0 N–H and O–H groups in total. The Morgan fingerprint density at radius 1 is 1.12 bits per heavy atom. The minimum atomic E-state index is -0.422. The van der Waals surface area contributed by atoms with Crippen LogP contribution in [-0.4, -0.2) is 22.5 Å². The highest BCUT2D eigenvalue weighted by molar-refractivity contribution is 6.58. The van der Waals surface area contributed by atoms with E-state index in [-0.39, 0.29) is 0 Å². The van der Waals surface area contributed by atoms with Crippen LogP contribution in [0.15, 0.2) is 36.4 Å². The first-order chi connectivity index (χ1) is 11.8. The van der Waals surface area contributed by atoms with Gasteiger partial charge in [-0.2, -0.15) is 0 Å². The Morgan fingerprint density at radius 3 is 2.58 bits per heavy atom. The van der Waals surface area contributed by atoms with Gasteiger partial charge in [0.2, 0.25) is 0 Å². The molecular weight excluding hydrogens is 308 g/mol. The van der Waals surface area contributed by atoms with Crippen molar-refractivity contribution in [1.29, 1.82) is 0 Å². The average molecular weight is 341 g/mol. The van der Waals surface area contributed by atoms with Crippen molar-refractivity contribution in [2.45, 2.75) is 57.2 Å². The summed E-state index contributed by atoms with van der Waals surface area (Å²) in [5, 5.41) is 0. The van der Waals surface area contributed by atoms with Gasteiger partial charge >= 0.3 is 0 Å². The van der Waals surface area contributed by atoms with Crippen LogP contribution in [0.4, 0.5) is 0 Å². The van der Waals surface area contributed by atoms with E-state index in [0.717, 1.165) is 18.1 Å². The second kappa shape index (κ2) is 11.3. The molecule has 1 aromatic rings. The van der Waals surface area contributed by atoms with Gasteiger partial charge in [-0.3, -0.25) is 0 Å². The molecule has 0 amide bonds. The van der Waals surface area contributed by atoms with E-state index in [0.29, 0.717) is 0 Å². The molecule has 0 radical (unpaired) electrons. The smallest absolute Gasteiger partial charge is 0.0462 e. The first-order valence-electron chi connectivity index (χ1n) is 9.51. The third-order valence-electron chi connectivity index (χ3n) is 5.07. The molecule has 24 heavy (non-hydrogen) atoms. The molecular formula is C22H32OSi. The molecule has 1 saturated heterocycles. The molecule has 0 aromatic heterocycles. The van der Waals surface area contributed by atoms with Gasteiger partial charge in [-0.25, -0.2) is 0 Å². The van der Waals surface area contributed by atoms with E-state index in [9.17, 15) is 0 Å². The molecule has 0 saturated carbocycles. The maximum atomic E-state index is 5.12. The number of methoxy groups -OCH3 is 1. The van der Waals surface area contributed by atoms with E-state index in [1.165, 1.54) is 49.8 Å². The van der Waals surface area contributed by atoms with Gasteiger partial charge in [-0.1, -0.05) is 66.6 Å². The van der Waals surface area contributed by atoms with Crippen LogP contribution in [0.1, 0.15) is 43.2 Å². The molecule has 1 aliphatic heterocycles. The summed E-state index contributed by atoms with van der Waals surface area (Å²) in [6, 6.07) is 13.0. The Kier molecular flexibility index (Phi) is 8.95. The first-order valence-corrected chi connectivity index (χ1v) is 12.0. The summed E-state index contributed by atoms with van der Waals surface area (Å²) in [5.41, 5.74) is 2.39. The molecule has 0 unspecified atom stereocenters. The number of hydrogen-bond donors (Lipinski definition) is 0. The van der Waals surface area contributed by atoms with Crippen molar-refractivity contribution in [3.8, 4) is 11.8 Å². The molecule has 1 fully saturated rings. The minimum Gasteiger partial charge on any atom is -0.385 e. The van der Waals surface area contributed by atoms with Crippen molar-refractivity contribution in [3.05, 3.63) is 47.5 Å². The fourth-order valence-corrected chi connectivity index (χ4v) is 7.00. The SMILES string of the molecule is COCCCCC[SiH]1CCC(/C=C/C#Cc2ccc(C)cc2)CC1. The van der Waals surface area contributed by atoms with Gasteiger partial charge in [0.15, 0.2) is 0 Å². The van der Waals surface area contributed by atoms with Crippen molar-refractivity contribution in [2.24, 2.45) is 5.92 Å². The second-order valence-electron chi connectivity index (χ2n) is 7.12. The van der Waals surface area contributed by atoms with E-state index in [1.54, 1.807) is 13.2 Å². The van der Waals surface area contributed by atoms with Crippen LogP contribution in [-0.2, 0) is 4.74 Å². The minimum absolute atomic E-state index is 0.422. The van der Waals surface area contributed by atoms with Gasteiger partial charge < -0.3 is 4.74 Å².